The number of alkyl halides is 3. The Balaban J connectivity index is 2.33. The molecular weight excluding hydrogens is 305 g/mol. The van der Waals surface area contributed by atoms with Gasteiger partial charge in [-0.1, -0.05) is 13.0 Å². The first-order valence-corrected chi connectivity index (χ1v) is 7.81. The fourth-order valence-electron chi connectivity index (χ4n) is 2.73. The molecule has 4 nitrogen and oxygen atoms in total. The molecular formula is C16H23F3N4. The number of aliphatic imine (C=N–C) groups is 1. The number of nitrogens with zero attached hydrogens (tertiary/aromatic N) is 2. The maximum Gasteiger partial charge on any atom is 0.418 e. The van der Waals surface area contributed by atoms with Gasteiger partial charge < -0.3 is 15.5 Å². The van der Waals surface area contributed by atoms with Crippen LogP contribution >= 0.6 is 0 Å². The van der Waals surface area contributed by atoms with Gasteiger partial charge in [0.05, 0.1) is 5.57 Å². The van der Waals surface area contributed by atoms with E-state index in [1.54, 1.807) is 13.1 Å². The van der Waals surface area contributed by atoms with E-state index in [1.165, 1.54) is 0 Å². The Hall–Kier alpha value is -1.76. The lowest BCUT2D eigenvalue weighted by molar-refractivity contribution is -0.0889. The van der Waals surface area contributed by atoms with Crippen LogP contribution in [0.5, 0.6) is 0 Å². The van der Waals surface area contributed by atoms with Gasteiger partial charge in [-0.2, -0.15) is 13.2 Å². The molecule has 7 heteroatoms. The quantitative estimate of drug-likeness (QED) is 0.837. The van der Waals surface area contributed by atoms with Gasteiger partial charge in [-0.15, -0.1) is 0 Å². The summed E-state index contributed by atoms with van der Waals surface area (Å²) in [4.78, 5) is 5.93. The van der Waals surface area contributed by atoms with Crippen LogP contribution in [0.25, 0.3) is 0 Å². The second kappa shape index (κ2) is 7.21. The van der Waals surface area contributed by atoms with E-state index in [9.17, 15) is 13.2 Å². The monoisotopic (exact) mass is 328 g/mol. The molecule has 2 N–H and O–H groups in total. The molecule has 1 unspecified atom stereocenters. The SMILES string of the molecule is CC/C=C/NC1=NC=C(C(F)(F)F)/C1=C(/C)N1CCNC(C)C1. The van der Waals surface area contributed by atoms with Gasteiger partial charge in [0.2, 0.25) is 0 Å². The topological polar surface area (TPSA) is 39.7 Å². The second-order valence-electron chi connectivity index (χ2n) is 5.73. The van der Waals surface area contributed by atoms with E-state index < -0.39 is 11.7 Å². The first-order valence-electron chi connectivity index (χ1n) is 7.81. The summed E-state index contributed by atoms with van der Waals surface area (Å²) in [7, 11) is 0. The Morgan fingerprint density at radius 2 is 2.26 bits per heavy atom. The summed E-state index contributed by atoms with van der Waals surface area (Å²) in [5, 5.41) is 6.18. The number of nitrogens with one attached hydrogen (secondary N) is 2. The van der Waals surface area contributed by atoms with Gasteiger partial charge in [-0.05, 0) is 26.5 Å². The van der Waals surface area contributed by atoms with Crippen molar-refractivity contribution in [2.45, 2.75) is 39.4 Å². The number of allylic oxidation sites excluding steroid dienone is 2. The normalized spacial score (nSPS) is 24.8. The number of piperazine rings is 1. The van der Waals surface area contributed by atoms with E-state index >= 15 is 0 Å². The zero-order valence-electron chi connectivity index (χ0n) is 13.7. The molecule has 0 saturated carbocycles. The molecule has 0 spiro atoms. The van der Waals surface area contributed by atoms with E-state index in [1.807, 2.05) is 24.8 Å². The van der Waals surface area contributed by atoms with Gasteiger partial charge in [-0.25, -0.2) is 4.99 Å². The van der Waals surface area contributed by atoms with Crippen LogP contribution in [0.1, 0.15) is 27.2 Å². The largest absolute Gasteiger partial charge is 0.418 e. The van der Waals surface area contributed by atoms with Gasteiger partial charge in [0.25, 0.3) is 0 Å². The number of hydrogen-bond donors (Lipinski definition) is 2. The van der Waals surface area contributed by atoms with Crippen LogP contribution in [0.4, 0.5) is 13.2 Å². The van der Waals surface area contributed by atoms with Gasteiger partial charge in [-0.3, -0.25) is 0 Å². The molecule has 1 saturated heterocycles. The van der Waals surface area contributed by atoms with Crippen molar-refractivity contribution in [3.05, 3.63) is 35.3 Å². The fraction of sp³-hybridized carbons (Fsp3) is 0.562. The molecule has 1 fully saturated rings. The lowest BCUT2D eigenvalue weighted by Gasteiger charge is -2.35. The predicted octanol–water partition coefficient (Wildman–Crippen LogP) is 2.93. The summed E-state index contributed by atoms with van der Waals surface area (Å²) in [5.41, 5.74) is 0.0662. The van der Waals surface area contributed by atoms with Crippen LogP contribution in [-0.2, 0) is 0 Å². The zero-order valence-corrected chi connectivity index (χ0v) is 13.7. The van der Waals surface area contributed by atoms with E-state index in [-0.39, 0.29) is 17.5 Å². The van der Waals surface area contributed by atoms with E-state index in [2.05, 4.69) is 15.6 Å². The van der Waals surface area contributed by atoms with Gasteiger partial charge in [0.15, 0.2) is 0 Å². The Bertz CT molecular complexity index is 558. The fourth-order valence-corrected chi connectivity index (χ4v) is 2.73. The van der Waals surface area contributed by atoms with E-state index in [0.29, 0.717) is 18.8 Å². The minimum Gasteiger partial charge on any atom is -0.372 e. The van der Waals surface area contributed by atoms with Crippen LogP contribution in [0.15, 0.2) is 40.3 Å². The zero-order chi connectivity index (χ0) is 17.0. The molecule has 1 atom stereocenters. The molecule has 0 aliphatic carbocycles. The average Bonchev–Trinajstić information content (AvgIpc) is 2.91. The summed E-state index contributed by atoms with van der Waals surface area (Å²) in [5.74, 6) is 0.255. The van der Waals surface area contributed by atoms with Crippen molar-refractivity contribution in [2.24, 2.45) is 4.99 Å². The van der Waals surface area contributed by atoms with Gasteiger partial charge in [0, 0.05) is 43.1 Å². The molecule has 0 amide bonds. The Morgan fingerprint density at radius 3 is 2.87 bits per heavy atom. The van der Waals surface area contributed by atoms with Crippen LogP contribution in [0.2, 0.25) is 0 Å². The van der Waals surface area contributed by atoms with Gasteiger partial charge >= 0.3 is 6.18 Å². The summed E-state index contributed by atoms with van der Waals surface area (Å²) in [6, 6.07) is 0.243. The van der Waals surface area contributed by atoms with Crippen molar-refractivity contribution in [3.8, 4) is 0 Å². The maximum atomic E-state index is 13.3. The molecule has 2 aliphatic heterocycles. The third-order valence-electron chi connectivity index (χ3n) is 3.91. The number of amidine groups is 1. The summed E-state index contributed by atoms with van der Waals surface area (Å²) >= 11 is 0. The molecule has 2 heterocycles. The van der Waals surface area contributed by atoms with Crippen molar-refractivity contribution in [1.82, 2.24) is 15.5 Å². The van der Waals surface area contributed by atoms with Crippen molar-refractivity contribution in [1.29, 1.82) is 0 Å². The Kier molecular flexibility index (Phi) is 5.51. The highest BCUT2D eigenvalue weighted by molar-refractivity contribution is 6.06. The molecule has 0 radical (unpaired) electrons. The second-order valence-corrected chi connectivity index (χ2v) is 5.73. The standard InChI is InChI=1S/C16H23F3N4/c1-4-5-6-21-15-14(13(9-22-15)16(17,18)19)12(3)23-8-7-20-11(2)10-23/h5-6,9,11,20H,4,7-8,10H2,1-3H3,(H,21,22)/b6-5+,14-12+. The molecule has 2 rings (SSSR count). The summed E-state index contributed by atoms with van der Waals surface area (Å²) in [6.07, 6.45) is 0.769. The van der Waals surface area contributed by atoms with Crippen LogP contribution in [-0.4, -0.2) is 42.6 Å². The van der Waals surface area contributed by atoms with E-state index in [4.69, 9.17) is 0 Å². The highest BCUT2D eigenvalue weighted by Crippen LogP contribution is 2.37. The van der Waals surface area contributed by atoms with Crippen molar-refractivity contribution < 1.29 is 13.2 Å². The minimum absolute atomic E-state index is 0.146. The molecule has 23 heavy (non-hydrogen) atoms. The summed E-state index contributed by atoms with van der Waals surface area (Å²) in [6.45, 7) is 7.83. The highest BCUT2D eigenvalue weighted by atomic mass is 19.4. The lowest BCUT2D eigenvalue weighted by Crippen LogP contribution is -2.48. The number of halogens is 3. The van der Waals surface area contributed by atoms with Gasteiger partial charge in [0.1, 0.15) is 5.84 Å². The van der Waals surface area contributed by atoms with Crippen LogP contribution in [0, 0.1) is 0 Å². The predicted molar refractivity (Wildman–Crippen MR) is 85.9 cm³/mol. The summed E-state index contributed by atoms with van der Waals surface area (Å²) < 4.78 is 40.0. The molecule has 0 aromatic heterocycles. The minimum atomic E-state index is -4.42. The smallest absolute Gasteiger partial charge is 0.372 e. The Labute approximate surface area is 134 Å². The molecule has 128 valence electrons. The third-order valence-corrected chi connectivity index (χ3v) is 3.91. The third kappa shape index (κ3) is 4.16. The van der Waals surface area contributed by atoms with Crippen LogP contribution < -0.4 is 10.6 Å². The Morgan fingerprint density at radius 1 is 1.52 bits per heavy atom. The molecule has 0 bridgehead atoms. The number of rotatable bonds is 3. The highest BCUT2D eigenvalue weighted by Gasteiger charge is 2.41. The lowest BCUT2D eigenvalue weighted by atomic mass is 10.0. The van der Waals surface area contributed by atoms with Crippen molar-refractivity contribution in [3.63, 3.8) is 0 Å². The van der Waals surface area contributed by atoms with Crippen molar-refractivity contribution in [2.75, 3.05) is 19.6 Å². The maximum absolute atomic E-state index is 13.3. The molecule has 0 aromatic carbocycles. The van der Waals surface area contributed by atoms with Crippen molar-refractivity contribution >= 4 is 5.84 Å². The number of hydrogen-bond acceptors (Lipinski definition) is 4. The first-order chi connectivity index (χ1) is 10.8. The molecule has 0 aromatic rings. The average molecular weight is 328 g/mol. The first kappa shape index (κ1) is 17.6. The molecule has 2 aliphatic rings. The van der Waals surface area contributed by atoms with Crippen LogP contribution in [0.3, 0.4) is 0 Å². The van der Waals surface area contributed by atoms with E-state index in [0.717, 1.165) is 19.2 Å².